The van der Waals surface area contributed by atoms with Crippen LogP contribution in [0.2, 0.25) is 5.02 Å². The molecule has 2 aromatic rings. The van der Waals surface area contributed by atoms with Crippen molar-refractivity contribution in [3.63, 3.8) is 0 Å². The van der Waals surface area contributed by atoms with Crippen LogP contribution in [0.4, 0.5) is 5.69 Å². The number of nitrogens with one attached hydrogen (secondary N) is 1. The van der Waals surface area contributed by atoms with E-state index in [0.717, 1.165) is 5.56 Å². The zero-order chi connectivity index (χ0) is 14.8. The molecule has 0 radical (unpaired) electrons. The number of halogens is 1. The van der Waals surface area contributed by atoms with Crippen molar-refractivity contribution < 1.29 is 13.2 Å². The molecule has 1 N–H and O–H groups in total. The lowest BCUT2D eigenvalue weighted by atomic mass is 10.2. The molecule has 0 bridgehead atoms. The van der Waals surface area contributed by atoms with Crippen molar-refractivity contribution >= 4 is 27.3 Å². The highest BCUT2D eigenvalue weighted by atomic mass is 35.5. The molecule has 0 aliphatic rings. The van der Waals surface area contributed by atoms with Crippen molar-refractivity contribution in [2.75, 3.05) is 11.8 Å². The fourth-order valence-corrected chi connectivity index (χ4v) is 3.19. The quantitative estimate of drug-likeness (QED) is 0.940. The fourth-order valence-electron chi connectivity index (χ4n) is 1.71. The minimum Gasteiger partial charge on any atom is -0.497 e. The highest BCUT2D eigenvalue weighted by Gasteiger charge is 2.16. The summed E-state index contributed by atoms with van der Waals surface area (Å²) in [7, 11) is -2.15. The molecular weight excluding hydrogens is 298 g/mol. The molecule has 0 aromatic heterocycles. The van der Waals surface area contributed by atoms with Gasteiger partial charge in [0.05, 0.1) is 22.7 Å². The van der Waals surface area contributed by atoms with E-state index in [2.05, 4.69) is 4.72 Å². The number of benzene rings is 2. The fraction of sp³-hybridized carbons (Fsp3) is 0.143. The Bertz CT molecular complexity index is 691. The molecule has 20 heavy (non-hydrogen) atoms. The molecule has 0 saturated heterocycles. The summed E-state index contributed by atoms with van der Waals surface area (Å²) in [6.45, 7) is 1.79. The molecule has 2 aromatic carbocycles. The van der Waals surface area contributed by atoms with Crippen molar-refractivity contribution in [1.29, 1.82) is 0 Å². The number of rotatable bonds is 4. The number of hydrogen-bond acceptors (Lipinski definition) is 3. The number of ether oxygens (including phenoxy) is 1. The summed E-state index contributed by atoms with van der Waals surface area (Å²) in [5.41, 5.74) is 1.15. The summed E-state index contributed by atoms with van der Waals surface area (Å²) in [4.78, 5) is 0.151. The molecule has 0 fully saturated rings. The number of hydrogen-bond donors (Lipinski definition) is 1. The second-order valence-electron chi connectivity index (χ2n) is 4.21. The van der Waals surface area contributed by atoms with Gasteiger partial charge in [0.2, 0.25) is 0 Å². The average Bonchev–Trinajstić information content (AvgIpc) is 2.43. The third-order valence-electron chi connectivity index (χ3n) is 2.83. The first kappa shape index (κ1) is 14.7. The van der Waals surface area contributed by atoms with Crippen LogP contribution in [0, 0.1) is 6.92 Å². The maximum absolute atomic E-state index is 12.3. The van der Waals surface area contributed by atoms with E-state index in [4.69, 9.17) is 16.3 Å². The van der Waals surface area contributed by atoms with Crippen LogP contribution in [0.1, 0.15) is 5.56 Å². The van der Waals surface area contributed by atoms with E-state index in [1.165, 1.54) is 19.2 Å². The predicted octanol–water partition coefficient (Wildman–Crippen LogP) is 3.46. The molecule has 0 aliphatic carbocycles. The molecule has 0 aliphatic heterocycles. The van der Waals surface area contributed by atoms with E-state index in [1.54, 1.807) is 37.3 Å². The van der Waals surface area contributed by atoms with Gasteiger partial charge in [-0.05, 0) is 42.8 Å². The molecule has 0 unspecified atom stereocenters. The summed E-state index contributed by atoms with van der Waals surface area (Å²) < 4.78 is 32.1. The Balaban J connectivity index is 2.35. The van der Waals surface area contributed by atoms with Gasteiger partial charge < -0.3 is 4.74 Å². The van der Waals surface area contributed by atoms with E-state index < -0.39 is 10.0 Å². The van der Waals surface area contributed by atoms with Gasteiger partial charge in [-0.3, -0.25) is 4.72 Å². The van der Waals surface area contributed by atoms with Gasteiger partial charge in [0, 0.05) is 0 Å². The van der Waals surface area contributed by atoms with Crippen LogP contribution in [0.3, 0.4) is 0 Å². The first-order chi connectivity index (χ1) is 9.44. The van der Waals surface area contributed by atoms with Gasteiger partial charge in [0.15, 0.2) is 0 Å². The summed E-state index contributed by atoms with van der Waals surface area (Å²) in [6, 6.07) is 11.3. The zero-order valence-electron chi connectivity index (χ0n) is 11.1. The Hall–Kier alpha value is -1.72. The molecule has 0 amide bonds. The lowest BCUT2D eigenvalue weighted by molar-refractivity contribution is 0.414. The molecule has 0 saturated carbocycles. The second-order valence-corrected chi connectivity index (χ2v) is 6.30. The van der Waals surface area contributed by atoms with Crippen LogP contribution in [-0.4, -0.2) is 15.5 Å². The second kappa shape index (κ2) is 5.73. The molecule has 6 heteroatoms. The van der Waals surface area contributed by atoms with E-state index >= 15 is 0 Å². The van der Waals surface area contributed by atoms with Crippen molar-refractivity contribution in [2.45, 2.75) is 11.8 Å². The predicted molar refractivity (Wildman–Crippen MR) is 80.0 cm³/mol. The average molecular weight is 312 g/mol. The molecule has 0 atom stereocenters. The first-order valence-corrected chi connectivity index (χ1v) is 7.72. The minimum absolute atomic E-state index is 0.151. The summed E-state index contributed by atoms with van der Waals surface area (Å²) in [6.07, 6.45) is 0. The zero-order valence-corrected chi connectivity index (χ0v) is 12.6. The van der Waals surface area contributed by atoms with Crippen molar-refractivity contribution in [2.24, 2.45) is 0 Å². The van der Waals surface area contributed by atoms with Gasteiger partial charge in [-0.25, -0.2) is 8.42 Å². The number of sulfonamides is 1. The number of anilines is 1. The number of aryl methyl sites for hydroxylation is 1. The Labute approximate surface area is 123 Å². The van der Waals surface area contributed by atoms with Crippen LogP contribution in [0.15, 0.2) is 47.4 Å². The van der Waals surface area contributed by atoms with E-state index in [1.807, 2.05) is 0 Å². The van der Waals surface area contributed by atoms with E-state index in [9.17, 15) is 8.42 Å². The van der Waals surface area contributed by atoms with Gasteiger partial charge in [0.1, 0.15) is 5.75 Å². The monoisotopic (exact) mass is 311 g/mol. The Kier molecular flexibility index (Phi) is 4.20. The van der Waals surface area contributed by atoms with Crippen LogP contribution in [0.5, 0.6) is 5.75 Å². The van der Waals surface area contributed by atoms with E-state index in [-0.39, 0.29) is 4.90 Å². The van der Waals surface area contributed by atoms with Gasteiger partial charge in [-0.1, -0.05) is 23.7 Å². The van der Waals surface area contributed by atoms with Gasteiger partial charge in [-0.15, -0.1) is 0 Å². The third-order valence-corrected chi connectivity index (χ3v) is 4.51. The normalized spacial score (nSPS) is 11.2. The van der Waals surface area contributed by atoms with Gasteiger partial charge in [0.25, 0.3) is 10.0 Å². The maximum atomic E-state index is 12.3. The summed E-state index contributed by atoms with van der Waals surface area (Å²) in [5, 5.41) is 0.363. The largest absolute Gasteiger partial charge is 0.497 e. The SMILES string of the molecule is COc1ccc(S(=O)(=O)Nc2c(C)cccc2Cl)cc1. The molecule has 0 spiro atoms. The van der Waals surface area contributed by atoms with Crippen LogP contribution >= 0.6 is 11.6 Å². The Morgan fingerprint density at radius 2 is 1.75 bits per heavy atom. The third kappa shape index (κ3) is 3.05. The van der Waals surface area contributed by atoms with Gasteiger partial charge >= 0.3 is 0 Å². The summed E-state index contributed by atoms with van der Waals surface area (Å²) in [5.74, 6) is 0.595. The highest BCUT2D eigenvalue weighted by Crippen LogP contribution is 2.28. The number of methoxy groups -OCH3 is 1. The van der Waals surface area contributed by atoms with Crippen molar-refractivity contribution in [3.8, 4) is 5.75 Å². The Morgan fingerprint density at radius 3 is 2.30 bits per heavy atom. The molecule has 106 valence electrons. The van der Waals surface area contributed by atoms with Crippen molar-refractivity contribution in [3.05, 3.63) is 53.1 Å². The van der Waals surface area contributed by atoms with Crippen LogP contribution in [-0.2, 0) is 10.0 Å². The maximum Gasteiger partial charge on any atom is 0.261 e. The molecule has 2 rings (SSSR count). The highest BCUT2D eigenvalue weighted by molar-refractivity contribution is 7.92. The lowest BCUT2D eigenvalue weighted by Crippen LogP contribution is -2.14. The van der Waals surface area contributed by atoms with Crippen LogP contribution < -0.4 is 9.46 Å². The van der Waals surface area contributed by atoms with Crippen LogP contribution in [0.25, 0.3) is 0 Å². The lowest BCUT2D eigenvalue weighted by Gasteiger charge is -2.12. The number of para-hydroxylation sites is 1. The minimum atomic E-state index is -3.67. The standard InChI is InChI=1S/C14H14ClNO3S/c1-10-4-3-5-13(15)14(10)16-20(17,18)12-8-6-11(19-2)7-9-12/h3-9,16H,1-2H3. The Morgan fingerprint density at radius 1 is 1.10 bits per heavy atom. The summed E-state index contributed by atoms with van der Waals surface area (Å²) >= 11 is 6.02. The molecular formula is C14H14ClNO3S. The van der Waals surface area contributed by atoms with E-state index in [0.29, 0.717) is 16.5 Å². The van der Waals surface area contributed by atoms with Crippen molar-refractivity contribution in [1.82, 2.24) is 0 Å². The smallest absolute Gasteiger partial charge is 0.261 e. The topological polar surface area (TPSA) is 55.4 Å². The molecule has 0 heterocycles. The van der Waals surface area contributed by atoms with Gasteiger partial charge in [-0.2, -0.15) is 0 Å². The first-order valence-electron chi connectivity index (χ1n) is 5.86. The molecule has 4 nitrogen and oxygen atoms in total.